The molecule has 3 heteroatoms. The SMILES string of the molecule is CC(C)Oc1ccc([C@@H](C)N)c(I)c1. The average molecular weight is 305 g/mol. The molecule has 2 nitrogen and oxygen atoms in total. The molecule has 0 saturated carbocycles. The first-order chi connectivity index (χ1) is 6.50. The van der Waals surface area contributed by atoms with E-state index in [2.05, 4.69) is 22.6 Å². The zero-order valence-corrected chi connectivity index (χ0v) is 10.9. The highest BCUT2D eigenvalue weighted by atomic mass is 127. The van der Waals surface area contributed by atoms with Gasteiger partial charge < -0.3 is 10.5 Å². The molecule has 0 fully saturated rings. The largest absolute Gasteiger partial charge is 0.491 e. The summed E-state index contributed by atoms with van der Waals surface area (Å²) in [7, 11) is 0. The van der Waals surface area contributed by atoms with Gasteiger partial charge in [0, 0.05) is 9.61 Å². The highest BCUT2D eigenvalue weighted by Gasteiger charge is 2.06. The van der Waals surface area contributed by atoms with Crippen LogP contribution in [-0.2, 0) is 0 Å². The van der Waals surface area contributed by atoms with E-state index in [1.165, 1.54) is 5.56 Å². The van der Waals surface area contributed by atoms with E-state index < -0.39 is 0 Å². The summed E-state index contributed by atoms with van der Waals surface area (Å²) in [5, 5.41) is 0. The van der Waals surface area contributed by atoms with Gasteiger partial charge in [-0.2, -0.15) is 0 Å². The average Bonchev–Trinajstić information content (AvgIpc) is 2.01. The fourth-order valence-corrected chi connectivity index (χ4v) is 2.20. The molecule has 0 unspecified atom stereocenters. The predicted molar refractivity (Wildman–Crippen MR) is 67.5 cm³/mol. The van der Waals surface area contributed by atoms with Crippen molar-refractivity contribution in [2.45, 2.75) is 32.9 Å². The fourth-order valence-electron chi connectivity index (χ4n) is 1.22. The molecule has 14 heavy (non-hydrogen) atoms. The van der Waals surface area contributed by atoms with Crippen LogP contribution in [0.1, 0.15) is 32.4 Å². The molecular formula is C11H16INO. The van der Waals surface area contributed by atoms with E-state index in [1.807, 2.05) is 39.0 Å². The molecule has 0 amide bonds. The molecule has 0 bridgehead atoms. The minimum absolute atomic E-state index is 0.0787. The number of halogens is 1. The summed E-state index contributed by atoms with van der Waals surface area (Å²) in [6.45, 7) is 6.03. The van der Waals surface area contributed by atoms with E-state index in [0.29, 0.717) is 0 Å². The fraction of sp³-hybridized carbons (Fsp3) is 0.455. The Hall–Kier alpha value is -0.290. The Bertz CT molecular complexity index is 310. The second kappa shape index (κ2) is 4.98. The van der Waals surface area contributed by atoms with Crippen molar-refractivity contribution in [1.29, 1.82) is 0 Å². The summed E-state index contributed by atoms with van der Waals surface area (Å²) in [5.74, 6) is 0.911. The molecular weight excluding hydrogens is 289 g/mol. The Morgan fingerprint density at radius 1 is 1.29 bits per heavy atom. The van der Waals surface area contributed by atoms with E-state index in [9.17, 15) is 0 Å². The van der Waals surface area contributed by atoms with Crippen LogP contribution in [0, 0.1) is 3.57 Å². The summed E-state index contributed by atoms with van der Waals surface area (Å²) in [4.78, 5) is 0. The normalized spacial score (nSPS) is 13.0. The van der Waals surface area contributed by atoms with E-state index in [4.69, 9.17) is 10.5 Å². The first-order valence-corrected chi connectivity index (χ1v) is 5.80. The van der Waals surface area contributed by atoms with Gasteiger partial charge in [0.2, 0.25) is 0 Å². The third kappa shape index (κ3) is 3.13. The molecule has 0 aliphatic rings. The van der Waals surface area contributed by atoms with E-state index in [-0.39, 0.29) is 12.1 Å². The van der Waals surface area contributed by atoms with Gasteiger partial charge in [0.25, 0.3) is 0 Å². The molecule has 2 N–H and O–H groups in total. The Kier molecular flexibility index (Phi) is 4.19. The maximum absolute atomic E-state index is 5.82. The topological polar surface area (TPSA) is 35.2 Å². The molecule has 0 aliphatic heterocycles. The number of benzene rings is 1. The van der Waals surface area contributed by atoms with Gasteiger partial charge in [0.05, 0.1) is 6.10 Å². The summed E-state index contributed by atoms with van der Waals surface area (Å²) in [6.07, 6.45) is 0.215. The van der Waals surface area contributed by atoms with Crippen LogP contribution in [0.2, 0.25) is 0 Å². The number of nitrogens with two attached hydrogens (primary N) is 1. The van der Waals surface area contributed by atoms with E-state index in [0.717, 1.165) is 9.32 Å². The summed E-state index contributed by atoms with van der Waals surface area (Å²) < 4.78 is 6.75. The van der Waals surface area contributed by atoms with Gasteiger partial charge in [0.1, 0.15) is 5.75 Å². The summed E-state index contributed by atoms with van der Waals surface area (Å²) in [6, 6.07) is 6.11. The molecule has 1 rings (SSSR count). The number of ether oxygens (including phenoxy) is 1. The maximum atomic E-state index is 5.82. The van der Waals surface area contributed by atoms with Gasteiger partial charge in [-0.05, 0) is 61.1 Å². The lowest BCUT2D eigenvalue weighted by molar-refractivity contribution is 0.242. The summed E-state index contributed by atoms with van der Waals surface area (Å²) >= 11 is 2.29. The second-order valence-electron chi connectivity index (χ2n) is 3.64. The molecule has 0 aromatic heterocycles. The third-order valence-corrected chi connectivity index (χ3v) is 2.77. The molecule has 78 valence electrons. The zero-order chi connectivity index (χ0) is 10.7. The van der Waals surface area contributed by atoms with E-state index >= 15 is 0 Å². The van der Waals surface area contributed by atoms with Crippen molar-refractivity contribution >= 4 is 22.6 Å². The van der Waals surface area contributed by atoms with Crippen LogP contribution in [0.4, 0.5) is 0 Å². The van der Waals surface area contributed by atoms with Crippen LogP contribution in [-0.4, -0.2) is 6.10 Å². The molecule has 0 saturated heterocycles. The lowest BCUT2D eigenvalue weighted by Gasteiger charge is -2.13. The van der Waals surface area contributed by atoms with Crippen LogP contribution in [0.25, 0.3) is 0 Å². The van der Waals surface area contributed by atoms with Gasteiger partial charge in [0.15, 0.2) is 0 Å². The minimum atomic E-state index is 0.0787. The van der Waals surface area contributed by atoms with Crippen molar-refractivity contribution in [3.63, 3.8) is 0 Å². The van der Waals surface area contributed by atoms with Crippen LogP contribution in [0.5, 0.6) is 5.75 Å². The first kappa shape index (κ1) is 11.8. The first-order valence-electron chi connectivity index (χ1n) is 4.72. The minimum Gasteiger partial charge on any atom is -0.491 e. The number of hydrogen-bond donors (Lipinski definition) is 1. The van der Waals surface area contributed by atoms with Crippen LogP contribution >= 0.6 is 22.6 Å². The quantitative estimate of drug-likeness (QED) is 0.871. The van der Waals surface area contributed by atoms with E-state index in [1.54, 1.807) is 0 Å². The van der Waals surface area contributed by atoms with Crippen molar-refractivity contribution in [2.24, 2.45) is 5.73 Å². The van der Waals surface area contributed by atoms with Crippen LogP contribution < -0.4 is 10.5 Å². The molecule has 1 aromatic rings. The highest BCUT2D eigenvalue weighted by Crippen LogP contribution is 2.23. The van der Waals surface area contributed by atoms with Crippen molar-refractivity contribution in [2.75, 3.05) is 0 Å². The number of hydrogen-bond acceptors (Lipinski definition) is 2. The van der Waals surface area contributed by atoms with Crippen molar-refractivity contribution < 1.29 is 4.74 Å². The summed E-state index contributed by atoms with van der Waals surface area (Å²) in [5.41, 5.74) is 6.99. The second-order valence-corrected chi connectivity index (χ2v) is 4.80. The van der Waals surface area contributed by atoms with Crippen LogP contribution in [0.3, 0.4) is 0 Å². The lowest BCUT2D eigenvalue weighted by Crippen LogP contribution is -2.09. The van der Waals surface area contributed by atoms with Gasteiger partial charge in [-0.15, -0.1) is 0 Å². The molecule has 1 atom stereocenters. The molecule has 0 spiro atoms. The van der Waals surface area contributed by atoms with Crippen molar-refractivity contribution in [3.8, 4) is 5.75 Å². The Morgan fingerprint density at radius 2 is 1.93 bits per heavy atom. The lowest BCUT2D eigenvalue weighted by atomic mass is 10.1. The highest BCUT2D eigenvalue weighted by molar-refractivity contribution is 14.1. The van der Waals surface area contributed by atoms with Gasteiger partial charge in [-0.1, -0.05) is 6.07 Å². The molecule has 0 radical (unpaired) electrons. The Labute approximate surface area is 99.0 Å². The predicted octanol–water partition coefficient (Wildman–Crippen LogP) is 3.10. The zero-order valence-electron chi connectivity index (χ0n) is 8.75. The monoisotopic (exact) mass is 305 g/mol. The van der Waals surface area contributed by atoms with Gasteiger partial charge in [-0.3, -0.25) is 0 Å². The number of rotatable bonds is 3. The smallest absolute Gasteiger partial charge is 0.120 e. The maximum Gasteiger partial charge on any atom is 0.120 e. The van der Waals surface area contributed by atoms with Gasteiger partial charge >= 0.3 is 0 Å². The van der Waals surface area contributed by atoms with Crippen molar-refractivity contribution in [3.05, 3.63) is 27.3 Å². The Morgan fingerprint density at radius 3 is 2.36 bits per heavy atom. The Balaban J connectivity index is 2.89. The molecule has 1 aromatic carbocycles. The van der Waals surface area contributed by atoms with Crippen LogP contribution in [0.15, 0.2) is 18.2 Å². The third-order valence-electron chi connectivity index (χ3n) is 1.83. The van der Waals surface area contributed by atoms with Gasteiger partial charge in [-0.25, -0.2) is 0 Å². The van der Waals surface area contributed by atoms with Crippen molar-refractivity contribution in [1.82, 2.24) is 0 Å². The standard InChI is InChI=1S/C11H16INO/c1-7(2)14-9-4-5-10(8(3)13)11(12)6-9/h4-8H,13H2,1-3H3/t8-/m1/s1. The molecule has 0 aliphatic carbocycles. The molecule has 0 heterocycles.